The lowest BCUT2D eigenvalue weighted by Gasteiger charge is -1.99. The van der Waals surface area contributed by atoms with Crippen LogP contribution < -0.4 is 0 Å². The Bertz CT molecular complexity index is 483. The molecule has 0 atom stereocenters. The number of carbonyl (C=O) groups excluding carboxylic acids is 2. The van der Waals surface area contributed by atoms with Gasteiger partial charge < -0.3 is 10.2 Å². The van der Waals surface area contributed by atoms with E-state index in [-0.39, 0.29) is 5.76 Å². The zero-order valence-electron chi connectivity index (χ0n) is 9.25. The molecule has 0 heterocycles. The summed E-state index contributed by atoms with van der Waals surface area (Å²) >= 11 is 0. The highest BCUT2D eigenvalue weighted by molar-refractivity contribution is 6.08. The third-order valence-electron chi connectivity index (χ3n) is 1.93. The van der Waals surface area contributed by atoms with Crippen LogP contribution >= 0.6 is 0 Å². The van der Waals surface area contributed by atoms with Gasteiger partial charge in [0.05, 0.1) is 0 Å². The second kappa shape index (κ2) is 5.65. The van der Waals surface area contributed by atoms with Crippen LogP contribution in [0.4, 0.5) is 0 Å². The molecule has 0 aromatic heterocycles. The Morgan fingerprint density at radius 3 is 2.18 bits per heavy atom. The highest BCUT2D eigenvalue weighted by atomic mass is 16.3. The average molecular weight is 232 g/mol. The third kappa shape index (κ3) is 3.95. The van der Waals surface area contributed by atoms with Gasteiger partial charge in [-0.3, -0.25) is 9.59 Å². The number of hydrogen-bond acceptors (Lipinski definition) is 4. The van der Waals surface area contributed by atoms with Gasteiger partial charge in [0.2, 0.25) is 5.78 Å². The van der Waals surface area contributed by atoms with Gasteiger partial charge in [0.1, 0.15) is 5.76 Å². The van der Waals surface area contributed by atoms with Gasteiger partial charge >= 0.3 is 0 Å². The Kier molecular flexibility index (Phi) is 4.22. The van der Waals surface area contributed by atoms with E-state index in [1.165, 1.54) is 6.92 Å². The van der Waals surface area contributed by atoms with Crippen molar-refractivity contribution in [2.45, 2.75) is 6.92 Å². The molecule has 0 aliphatic rings. The van der Waals surface area contributed by atoms with Crippen molar-refractivity contribution in [1.29, 1.82) is 0 Å². The lowest BCUT2D eigenvalue weighted by Crippen LogP contribution is -2.01. The van der Waals surface area contributed by atoms with Gasteiger partial charge in [-0.15, -0.1) is 0 Å². The van der Waals surface area contributed by atoms with Crippen molar-refractivity contribution < 1.29 is 19.8 Å². The first-order valence-corrected chi connectivity index (χ1v) is 4.92. The number of aliphatic hydroxyl groups is 2. The fraction of sp³-hybridized carbons (Fsp3) is 0.0769. The summed E-state index contributed by atoms with van der Waals surface area (Å²) in [5.74, 6) is -2.22. The van der Waals surface area contributed by atoms with Crippen LogP contribution in [0.3, 0.4) is 0 Å². The molecular weight excluding hydrogens is 220 g/mol. The Morgan fingerprint density at radius 2 is 1.65 bits per heavy atom. The number of carbonyl (C=O) groups is 2. The maximum absolute atomic E-state index is 11.4. The topological polar surface area (TPSA) is 74.6 Å². The highest BCUT2D eigenvalue weighted by Gasteiger charge is 2.08. The lowest BCUT2D eigenvalue weighted by molar-refractivity contribution is -0.115. The number of hydrogen-bond donors (Lipinski definition) is 2. The smallest absolute Gasteiger partial charge is 0.223 e. The first-order valence-electron chi connectivity index (χ1n) is 4.92. The van der Waals surface area contributed by atoms with Gasteiger partial charge in [0.25, 0.3) is 0 Å². The number of rotatable bonds is 4. The van der Waals surface area contributed by atoms with E-state index in [9.17, 15) is 19.8 Å². The van der Waals surface area contributed by atoms with Gasteiger partial charge in [-0.25, -0.2) is 0 Å². The largest absolute Gasteiger partial charge is 0.507 e. The Hall–Kier alpha value is -2.36. The molecule has 2 N–H and O–H groups in total. The fourth-order valence-corrected chi connectivity index (χ4v) is 1.15. The Labute approximate surface area is 98.5 Å². The van der Waals surface area contributed by atoms with Crippen LogP contribution in [0.1, 0.15) is 12.5 Å². The molecule has 88 valence electrons. The molecule has 0 bridgehead atoms. The van der Waals surface area contributed by atoms with Crippen molar-refractivity contribution in [3.8, 4) is 0 Å². The summed E-state index contributed by atoms with van der Waals surface area (Å²) in [6.07, 6.45) is 1.67. The number of allylic oxidation sites excluding steroid dienone is 2. The monoisotopic (exact) mass is 232 g/mol. The first-order chi connectivity index (χ1) is 8.00. The van der Waals surface area contributed by atoms with E-state index in [0.717, 1.165) is 12.2 Å². The molecule has 0 aliphatic heterocycles. The second-order valence-electron chi connectivity index (χ2n) is 3.40. The van der Waals surface area contributed by atoms with E-state index in [1.807, 2.05) is 0 Å². The summed E-state index contributed by atoms with van der Waals surface area (Å²) in [5, 5.41) is 18.8. The molecule has 4 heteroatoms. The summed E-state index contributed by atoms with van der Waals surface area (Å²) in [4.78, 5) is 22.0. The van der Waals surface area contributed by atoms with Crippen LogP contribution in [0.5, 0.6) is 0 Å². The highest BCUT2D eigenvalue weighted by Crippen LogP contribution is 2.11. The number of aliphatic hydroxyl groups excluding tert-OH is 2. The van der Waals surface area contributed by atoms with Gasteiger partial charge in [-0.2, -0.15) is 0 Å². The van der Waals surface area contributed by atoms with Crippen LogP contribution in [0.15, 0.2) is 48.2 Å². The van der Waals surface area contributed by atoms with E-state index < -0.39 is 17.3 Å². The van der Waals surface area contributed by atoms with E-state index in [4.69, 9.17) is 0 Å². The van der Waals surface area contributed by atoms with E-state index >= 15 is 0 Å². The fourth-order valence-electron chi connectivity index (χ4n) is 1.15. The van der Waals surface area contributed by atoms with Gasteiger partial charge in [-0.1, -0.05) is 30.3 Å². The van der Waals surface area contributed by atoms with Crippen molar-refractivity contribution in [2.24, 2.45) is 0 Å². The van der Waals surface area contributed by atoms with Gasteiger partial charge in [-0.05, 0) is 6.92 Å². The minimum Gasteiger partial charge on any atom is -0.507 e. The summed E-state index contributed by atoms with van der Waals surface area (Å²) in [5.41, 5.74) is 0.455. The summed E-state index contributed by atoms with van der Waals surface area (Å²) in [7, 11) is 0. The molecule has 0 amide bonds. The molecule has 0 saturated carbocycles. The van der Waals surface area contributed by atoms with Crippen LogP contribution in [-0.2, 0) is 9.59 Å². The van der Waals surface area contributed by atoms with Gasteiger partial charge in [0, 0.05) is 17.7 Å². The zero-order valence-corrected chi connectivity index (χ0v) is 9.25. The normalized spacial score (nSPS) is 12.3. The number of benzene rings is 1. The molecular formula is C13H12O4. The third-order valence-corrected chi connectivity index (χ3v) is 1.93. The minimum atomic E-state index is -0.818. The van der Waals surface area contributed by atoms with E-state index in [2.05, 4.69) is 0 Å². The maximum Gasteiger partial charge on any atom is 0.223 e. The molecule has 0 spiro atoms. The summed E-state index contributed by atoms with van der Waals surface area (Å²) < 4.78 is 0. The summed E-state index contributed by atoms with van der Waals surface area (Å²) in [6, 6.07) is 8.41. The van der Waals surface area contributed by atoms with Crippen LogP contribution in [0.2, 0.25) is 0 Å². The second-order valence-corrected chi connectivity index (χ2v) is 3.40. The molecule has 0 aliphatic carbocycles. The van der Waals surface area contributed by atoms with Crippen LogP contribution in [0, 0.1) is 0 Å². The number of ketones is 2. The molecule has 0 fully saturated rings. The molecule has 0 unspecified atom stereocenters. The van der Waals surface area contributed by atoms with Crippen LogP contribution in [0.25, 0.3) is 5.76 Å². The molecule has 1 aromatic rings. The molecule has 4 nitrogen and oxygen atoms in total. The molecule has 0 radical (unpaired) electrons. The SMILES string of the molecule is CC(=O)/C=C(\O)C(=O)/C=C(\O)c1ccccc1. The van der Waals surface area contributed by atoms with Crippen molar-refractivity contribution in [3.05, 3.63) is 53.8 Å². The predicted octanol–water partition coefficient (Wildman–Crippen LogP) is 2.19. The van der Waals surface area contributed by atoms with Gasteiger partial charge in [0.15, 0.2) is 11.5 Å². The molecule has 1 aromatic carbocycles. The lowest BCUT2D eigenvalue weighted by atomic mass is 10.1. The minimum absolute atomic E-state index is 0.265. The average Bonchev–Trinajstić information content (AvgIpc) is 2.29. The molecule has 1 rings (SSSR count). The van der Waals surface area contributed by atoms with Crippen molar-refractivity contribution in [2.75, 3.05) is 0 Å². The predicted molar refractivity (Wildman–Crippen MR) is 63.4 cm³/mol. The first kappa shape index (κ1) is 12.7. The van der Waals surface area contributed by atoms with E-state index in [1.54, 1.807) is 30.3 Å². The van der Waals surface area contributed by atoms with E-state index in [0.29, 0.717) is 5.56 Å². The standard InChI is InChI=1S/C13H12O4/c1-9(14)7-12(16)13(17)8-11(15)10-5-3-2-4-6-10/h2-8,15-16H,1H3/b11-8-,12-7-. The molecule has 17 heavy (non-hydrogen) atoms. The van der Waals surface area contributed by atoms with Crippen molar-refractivity contribution in [3.63, 3.8) is 0 Å². The maximum atomic E-state index is 11.4. The Balaban J connectivity index is 2.90. The van der Waals surface area contributed by atoms with Crippen molar-refractivity contribution in [1.82, 2.24) is 0 Å². The van der Waals surface area contributed by atoms with Crippen molar-refractivity contribution >= 4 is 17.3 Å². The van der Waals surface area contributed by atoms with Crippen LogP contribution in [-0.4, -0.2) is 21.8 Å². The quantitative estimate of drug-likeness (QED) is 0.616. The Morgan fingerprint density at radius 1 is 1.06 bits per heavy atom. The molecule has 0 saturated heterocycles. The zero-order chi connectivity index (χ0) is 12.8. The summed E-state index contributed by atoms with van der Waals surface area (Å²) in [6.45, 7) is 1.21.